The normalized spacial score (nSPS) is 12.6. The van der Waals surface area contributed by atoms with Gasteiger partial charge < -0.3 is 9.84 Å². The number of aromatic nitrogens is 3. The summed E-state index contributed by atoms with van der Waals surface area (Å²) in [4.78, 5) is 19.9. The van der Waals surface area contributed by atoms with Crippen molar-refractivity contribution in [2.75, 3.05) is 0 Å². The summed E-state index contributed by atoms with van der Waals surface area (Å²) in [6.07, 6.45) is 5.33. The molecule has 0 spiro atoms. The highest BCUT2D eigenvalue weighted by Crippen LogP contribution is 2.27. The van der Waals surface area contributed by atoms with Crippen LogP contribution in [0.15, 0.2) is 48.9 Å². The maximum Gasteiger partial charge on any atom is 0.157 e. The van der Waals surface area contributed by atoms with Gasteiger partial charge >= 0.3 is 0 Å². The molecule has 0 aliphatic heterocycles. The molecule has 2 heterocycles. The average molecular weight is 339 g/mol. The number of phenols is 1. The molecule has 6 nitrogen and oxygen atoms in total. The molecule has 3 aromatic rings. The summed E-state index contributed by atoms with van der Waals surface area (Å²) in [6, 6.07) is 7.41. The zero-order valence-corrected chi connectivity index (χ0v) is 13.9. The topological polar surface area (TPSA) is 77.2 Å². The molecule has 0 bridgehead atoms. The maximum atomic E-state index is 11.3. The molecule has 6 heteroatoms. The van der Waals surface area contributed by atoms with Crippen molar-refractivity contribution in [2.45, 2.75) is 26.3 Å². The molecule has 0 saturated carbocycles. The quantitative estimate of drug-likeness (QED) is 0.696. The van der Waals surface area contributed by atoms with Crippen LogP contribution < -0.4 is 4.74 Å². The van der Waals surface area contributed by atoms with E-state index >= 15 is 0 Å². The van der Waals surface area contributed by atoms with Gasteiger partial charge in [-0.05, 0) is 18.2 Å². The van der Waals surface area contributed by atoms with Crippen LogP contribution in [0.25, 0.3) is 5.82 Å². The number of carbonyl (C=O) groups excluding carboxylic acids is 1. The van der Waals surface area contributed by atoms with Crippen molar-refractivity contribution in [3.05, 3.63) is 65.9 Å². The fourth-order valence-corrected chi connectivity index (χ4v) is 2.44. The Hall–Kier alpha value is -3.15. The largest absolute Gasteiger partial charge is 0.507 e. The molecule has 0 aliphatic carbocycles. The van der Waals surface area contributed by atoms with Gasteiger partial charge in [-0.25, -0.2) is 9.97 Å². The lowest BCUT2D eigenvalue weighted by atomic mass is 10.2. The third-order valence-corrected chi connectivity index (χ3v) is 3.63. The van der Waals surface area contributed by atoms with E-state index < -0.39 is 6.56 Å². The van der Waals surface area contributed by atoms with E-state index in [0.29, 0.717) is 12.1 Å². The van der Waals surface area contributed by atoms with Crippen LogP contribution in [0.4, 0.5) is 0 Å². The number of hydrogen-bond acceptors (Lipinski definition) is 5. The molecule has 2 aromatic heterocycles. The lowest BCUT2D eigenvalue weighted by Crippen LogP contribution is -2.09. The lowest BCUT2D eigenvalue weighted by Gasteiger charge is -2.15. The Kier molecular flexibility index (Phi) is 4.08. The lowest BCUT2D eigenvalue weighted by molar-refractivity contribution is 0.111. The van der Waals surface area contributed by atoms with Crippen molar-refractivity contribution >= 4 is 6.29 Å². The summed E-state index contributed by atoms with van der Waals surface area (Å²) < 4.78 is 24.1. The summed E-state index contributed by atoms with van der Waals surface area (Å²) >= 11 is 0. The number of nitrogens with zero attached hydrogens (tertiary/aromatic N) is 3. The Morgan fingerprint density at radius 3 is 2.88 bits per heavy atom. The summed E-state index contributed by atoms with van der Waals surface area (Å²) in [7, 11) is 0. The summed E-state index contributed by atoms with van der Waals surface area (Å²) in [5.41, 5.74) is 0.0578. The van der Waals surface area contributed by atoms with Crippen molar-refractivity contribution < 1.29 is 17.4 Å². The second kappa shape index (κ2) is 7.17. The number of rotatable bonds is 6. The van der Waals surface area contributed by atoms with Crippen LogP contribution in [0.1, 0.15) is 44.3 Å². The summed E-state index contributed by atoms with van der Waals surface area (Å²) in [5, 5.41) is 9.80. The minimum Gasteiger partial charge on any atom is -0.507 e. The Morgan fingerprint density at radius 1 is 1.28 bits per heavy atom. The highest BCUT2D eigenvalue weighted by atomic mass is 16.5. The van der Waals surface area contributed by atoms with Crippen molar-refractivity contribution in [1.82, 2.24) is 14.5 Å². The molecule has 1 N–H and O–H groups in total. The predicted molar refractivity (Wildman–Crippen MR) is 93.3 cm³/mol. The van der Waals surface area contributed by atoms with Crippen LogP contribution in [0.5, 0.6) is 11.5 Å². The predicted octanol–water partition coefficient (Wildman–Crippen LogP) is 3.49. The number of pyridine rings is 1. The molecule has 3 rings (SSSR count). The molecule has 0 saturated heterocycles. The zero-order chi connectivity index (χ0) is 19.6. The maximum absolute atomic E-state index is 11.3. The van der Waals surface area contributed by atoms with E-state index in [1.165, 1.54) is 18.2 Å². The Bertz CT molecular complexity index is 970. The van der Waals surface area contributed by atoms with Gasteiger partial charge in [0.1, 0.15) is 29.7 Å². The molecule has 0 aliphatic rings. The van der Waals surface area contributed by atoms with Crippen molar-refractivity contribution in [3.8, 4) is 17.3 Å². The number of imidazole rings is 1. The minimum absolute atomic E-state index is 0.0560. The van der Waals surface area contributed by atoms with Crippen molar-refractivity contribution in [1.29, 1.82) is 0 Å². The average Bonchev–Trinajstić information content (AvgIpc) is 3.11. The fraction of sp³-hybridized carbons (Fsp3) is 0.211. The molecule has 0 radical (unpaired) electrons. The SMILES string of the molecule is [2H]C([2H])(Oc1cccc(O)c1C=O)c1cccnc1-n1ccnc1C(C)C. The molecule has 0 fully saturated rings. The van der Waals surface area contributed by atoms with Crippen molar-refractivity contribution in [3.63, 3.8) is 0 Å². The number of phenolic OH excluding ortho intramolecular Hbond substituents is 1. The van der Waals surface area contributed by atoms with Crippen LogP contribution >= 0.6 is 0 Å². The standard InChI is InChI=1S/C19H19N3O3/c1-13(2)18-21-9-10-22(18)19-14(5-4-8-20-19)12-25-17-7-3-6-16(24)15(17)11-23/h3-11,13,24H,12H2,1-2H3/i12D2. The smallest absolute Gasteiger partial charge is 0.157 e. The van der Waals surface area contributed by atoms with Gasteiger partial charge in [0, 0.05) is 30.1 Å². The monoisotopic (exact) mass is 339 g/mol. The van der Waals surface area contributed by atoms with Gasteiger partial charge in [0.15, 0.2) is 6.29 Å². The van der Waals surface area contributed by atoms with E-state index in [0.717, 1.165) is 5.82 Å². The Labute approximate surface area is 148 Å². The number of hydrogen-bond donors (Lipinski definition) is 1. The summed E-state index contributed by atoms with van der Waals surface area (Å²) in [5.74, 6) is 0.850. The molecule has 25 heavy (non-hydrogen) atoms. The van der Waals surface area contributed by atoms with E-state index in [4.69, 9.17) is 7.48 Å². The third-order valence-electron chi connectivity index (χ3n) is 3.63. The van der Waals surface area contributed by atoms with Gasteiger partial charge in [-0.3, -0.25) is 9.36 Å². The van der Waals surface area contributed by atoms with E-state index in [2.05, 4.69) is 9.97 Å². The Balaban J connectivity index is 2.08. The fourth-order valence-electron chi connectivity index (χ4n) is 2.44. The van der Waals surface area contributed by atoms with Gasteiger partial charge in [-0.15, -0.1) is 0 Å². The van der Waals surface area contributed by atoms with Crippen LogP contribution in [0.3, 0.4) is 0 Å². The molecular weight excluding hydrogens is 318 g/mol. The minimum atomic E-state index is -2.31. The van der Waals surface area contributed by atoms with E-state index in [1.807, 2.05) is 13.8 Å². The van der Waals surface area contributed by atoms with Crippen molar-refractivity contribution in [2.24, 2.45) is 0 Å². The molecule has 128 valence electrons. The van der Waals surface area contributed by atoms with Gasteiger partial charge in [-0.2, -0.15) is 0 Å². The zero-order valence-electron chi connectivity index (χ0n) is 15.9. The third kappa shape index (κ3) is 3.38. The van der Waals surface area contributed by atoms with Crippen LogP contribution in [-0.2, 0) is 6.56 Å². The second-order valence-corrected chi connectivity index (χ2v) is 5.70. The first-order valence-electron chi connectivity index (χ1n) is 8.80. The Morgan fingerprint density at radius 2 is 2.12 bits per heavy atom. The number of aldehydes is 1. The van der Waals surface area contributed by atoms with Gasteiger partial charge in [0.05, 0.1) is 8.30 Å². The van der Waals surface area contributed by atoms with Crippen LogP contribution in [0.2, 0.25) is 0 Å². The van der Waals surface area contributed by atoms with E-state index in [9.17, 15) is 9.90 Å². The van der Waals surface area contributed by atoms with Gasteiger partial charge in [0.25, 0.3) is 0 Å². The van der Waals surface area contributed by atoms with Gasteiger partial charge in [-0.1, -0.05) is 26.0 Å². The van der Waals surface area contributed by atoms with E-state index in [-0.39, 0.29) is 28.5 Å². The first-order valence-corrected chi connectivity index (χ1v) is 7.80. The van der Waals surface area contributed by atoms with E-state index in [1.54, 1.807) is 35.3 Å². The second-order valence-electron chi connectivity index (χ2n) is 5.70. The molecule has 1 aromatic carbocycles. The molecule has 0 unspecified atom stereocenters. The van der Waals surface area contributed by atoms with Crippen LogP contribution in [-0.4, -0.2) is 25.9 Å². The molecule has 0 amide bonds. The molecule has 0 atom stereocenters. The number of benzene rings is 1. The number of aromatic hydroxyl groups is 1. The molecular formula is C19H19N3O3. The highest BCUT2D eigenvalue weighted by molar-refractivity contribution is 5.83. The van der Waals surface area contributed by atoms with Crippen LogP contribution in [0, 0.1) is 0 Å². The first kappa shape index (κ1) is 14.2. The number of carbonyl (C=O) groups is 1. The summed E-state index contributed by atoms with van der Waals surface area (Å²) in [6.45, 7) is 1.65. The highest BCUT2D eigenvalue weighted by Gasteiger charge is 2.14. The first-order chi connectivity index (χ1) is 12.8. The number of ether oxygens (including phenoxy) is 1. The van der Waals surface area contributed by atoms with Gasteiger partial charge in [0.2, 0.25) is 0 Å².